The van der Waals surface area contributed by atoms with Crippen molar-refractivity contribution in [2.24, 2.45) is 0 Å². The third-order valence-corrected chi connectivity index (χ3v) is 18.6. The molecule has 3 saturated heterocycles. The van der Waals surface area contributed by atoms with Gasteiger partial charge in [0.25, 0.3) is 0 Å². The van der Waals surface area contributed by atoms with E-state index in [1.807, 2.05) is 6.08 Å². The van der Waals surface area contributed by atoms with Crippen LogP contribution in [0.2, 0.25) is 0 Å². The molecule has 0 saturated carbocycles. The Bertz CT molecular complexity index is 1870. The minimum absolute atomic E-state index is 0.246. The molecule has 0 bridgehead atoms. The highest BCUT2D eigenvalue weighted by atomic mass is 16.8. The minimum atomic E-state index is -1.98. The maximum absolute atomic E-state index is 13.4. The number of rotatable bonds is 58. The molecule has 0 aromatic carbocycles. The quantitative estimate of drug-likeness (QED) is 0.0199. The van der Waals surface area contributed by atoms with Gasteiger partial charge in [0.05, 0.1) is 38.6 Å². The maximum Gasteiger partial charge on any atom is 0.220 e. The monoisotopic (exact) mass is 1330 g/mol. The molecular formula is C74H135NO18. The van der Waals surface area contributed by atoms with E-state index >= 15 is 0 Å². The van der Waals surface area contributed by atoms with E-state index in [2.05, 4.69) is 55.6 Å². The Morgan fingerprint density at radius 2 is 0.710 bits per heavy atom. The molecule has 3 heterocycles. The van der Waals surface area contributed by atoms with Crippen molar-refractivity contribution >= 4 is 5.91 Å². The predicted octanol–water partition coefficient (Wildman–Crippen LogP) is 10.9. The lowest BCUT2D eigenvalue weighted by Crippen LogP contribution is -2.66. The van der Waals surface area contributed by atoms with Crippen LogP contribution in [0.4, 0.5) is 0 Å². The Balaban J connectivity index is 1.26. The van der Waals surface area contributed by atoms with Gasteiger partial charge in [0.2, 0.25) is 5.91 Å². The molecule has 544 valence electrons. The molecule has 0 radical (unpaired) electrons. The average Bonchev–Trinajstić information content (AvgIpc) is 0.828. The molecule has 3 aliphatic heterocycles. The lowest BCUT2D eigenvalue weighted by atomic mass is 9.96. The number of ether oxygens (including phenoxy) is 6. The zero-order valence-corrected chi connectivity index (χ0v) is 57.7. The molecule has 3 fully saturated rings. The normalized spacial score (nSPS) is 27.8. The first-order valence-electron chi connectivity index (χ1n) is 37.4. The zero-order valence-electron chi connectivity index (χ0n) is 57.7. The summed E-state index contributed by atoms with van der Waals surface area (Å²) in [6.07, 6.45) is 41.6. The van der Waals surface area contributed by atoms with E-state index in [0.717, 1.165) is 57.8 Å². The molecule has 12 N–H and O–H groups in total. The molecule has 0 aliphatic carbocycles. The van der Waals surface area contributed by atoms with E-state index in [-0.39, 0.29) is 18.9 Å². The highest BCUT2D eigenvalue weighted by Gasteiger charge is 2.53. The lowest BCUT2D eigenvalue weighted by Gasteiger charge is -2.48. The number of aliphatic hydroxyl groups is 11. The molecule has 17 unspecified atom stereocenters. The number of carbonyl (C=O) groups is 1. The number of allylic oxidation sites excluding steroid dienone is 7. The Morgan fingerprint density at radius 1 is 0.387 bits per heavy atom. The fourth-order valence-electron chi connectivity index (χ4n) is 12.6. The van der Waals surface area contributed by atoms with Crippen LogP contribution in [0.1, 0.15) is 284 Å². The molecule has 0 spiro atoms. The summed E-state index contributed by atoms with van der Waals surface area (Å²) >= 11 is 0. The van der Waals surface area contributed by atoms with Gasteiger partial charge in [0.15, 0.2) is 18.9 Å². The van der Waals surface area contributed by atoms with Gasteiger partial charge in [-0.2, -0.15) is 0 Å². The minimum Gasteiger partial charge on any atom is -0.394 e. The molecule has 93 heavy (non-hydrogen) atoms. The summed E-state index contributed by atoms with van der Waals surface area (Å²) in [5.74, 6) is -0.275. The molecule has 0 aromatic rings. The van der Waals surface area contributed by atoms with Gasteiger partial charge in [-0.15, -0.1) is 0 Å². The smallest absolute Gasteiger partial charge is 0.220 e. The van der Waals surface area contributed by atoms with Crippen LogP contribution >= 0.6 is 0 Å². The van der Waals surface area contributed by atoms with Crippen molar-refractivity contribution in [3.05, 3.63) is 48.6 Å². The van der Waals surface area contributed by atoms with Crippen molar-refractivity contribution in [1.82, 2.24) is 5.32 Å². The first kappa shape index (κ1) is 85.0. The fourth-order valence-corrected chi connectivity index (χ4v) is 12.6. The van der Waals surface area contributed by atoms with Gasteiger partial charge in [-0.1, -0.05) is 268 Å². The van der Waals surface area contributed by atoms with Crippen molar-refractivity contribution < 1.29 is 89.4 Å². The second-order valence-electron chi connectivity index (χ2n) is 26.8. The first-order chi connectivity index (χ1) is 45.3. The van der Waals surface area contributed by atoms with Crippen LogP contribution in [0, 0.1) is 0 Å². The summed E-state index contributed by atoms with van der Waals surface area (Å²) in [5, 5.41) is 120. The Kier molecular flexibility index (Phi) is 50.8. The number of hydrogen-bond acceptors (Lipinski definition) is 18. The number of nitrogens with one attached hydrogen (secondary N) is 1. The van der Waals surface area contributed by atoms with E-state index < -0.39 is 124 Å². The Labute approximate surface area is 561 Å². The molecule has 3 rings (SSSR count). The highest BCUT2D eigenvalue weighted by Crippen LogP contribution is 2.33. The van der Waals surface area contributed by atoms with Crippen LogP contribution in [0.25, 0.3) is 0 Å². The van der Waals surface area contributed by atoms with Gasteiger partial charge >= 0.3 is 0 Å². The zero-order chi connectivity index (χ0) is 67.5. The second-order valence-corrected chi connectivity index (χ2v) is 26.8. The summed E-state index contributed by atoms with van der Waals surface area (Å²) in [7, 11) is 0. The van der Waals surface area contributed by atoms with Crippen LogP contribution in [0.3, 0.4) is 0 Å². The van der Waals surface area contributed by atoms with Crippen molar-refractivity contribution in [1.29, 1.82) is 0 Å². The molecule has 17 atom stereocenters. The Morgan fingerprint density at radius 3 is 1.11 bits per heavy atom. The number of aliphatic hydroxyl groups excluding tert-OH is 11. The van der Waals surface area contributed by atoms with E-state index in [0.29, 0.717) is 6.42 Å². The van der Waals surface area contributed by atoms with Crippen LogP contribution < -0.4 is 5.32 Å². The molecule has 19 heteroatoms. The van der Waals surface area contributed by atoms with Crippen LogP contribution in [-0.4, -0.2) is 193 Å². The van der Waals surface area contributed by atoms with Crippen LogP contribution in [-0.2, 0) is 33.2 Å². The maximum atomic E-state index is 13.4. The van der Waals surface area contributed by atoms with E-state index in [4.69, 9.17) is 28.4 Å². The number of hydrogen-bond donors (Lipinski definition) is 12. The van der Waals surface area contributed by atoms with Gasteiger partial charge in [0.1, 0.15) is 73.2 Å². The van der Waals surface area contributed by atoms with Gasteiger partial charge < -0.3 is 89.9 Å². The third-order valence-electron chi connectivity index (χ3n) is 18.6. The van der Waals surface area contributed by atoms with Gasteiger partial charge in [-0.3, -0.25) is 4.79 Å². The van der Waals surface area contributed by atoms with Gasteiger partial charge in [0, 0.05) is 6.42 Å². The SMILES string of the molecule is CCCCCCC/C=C\C/C=C\C/C=C\CCCCCCCCCCCCCCCCCCCCCCCCCCC(=O)NC(COC1OC(CO)C(OC2OC(CO)C(OC3OC(CO)C(O)C(O)C3O)C(O)C2O)C(O)C1O)C(O)/C=C/CCCCCCCCC. The standard InChI is InChI=1S/C74H135NO18/c1-3-5-7-9-11-13-14-15-16-17-18-19-20-21-22-23-24-25-26-27-28-29-30-31-32-33-34-35-36-37-38-39-40-41-42-44-46-48-50-52-62(80)75-57(58(79)51-49-47-45-43-12-10-8-6-4-2)56-88-72-68(86)65(83)70(60(54-77)90-72)93-74-69(87)66(84)71(61(55-78)91-74)92-73-67(85)64(82)63(81)59(53-76)89-73/h14-15,17-18,20-21,49,51,57-61,63-74,76-79,81-87H,3-13,16,19,22-48,50,52-56H2,1-2H3,(H,75,80)/b15-14-,18-17-,21-20-,51-49+. The number of amides is 1. The number of unbranched alkanes of at least 4 members (excludes halogenated alkanes) is 36. The molecule has 19 nitrogen and oxygen atoms in total. The largest absolute Gasteiger partial charge is 0.394 e. The average molecular weight is 1330 g/mol. The topological polar surface area (TPSA) is 307 Å². The van der Waals surface area contributed by atoms with Gasteiger partial charge in [-0.25, -0.2) is 0 Å². The van der Waals surface area contributed by atoms with E-state index in [9.17, 15) is 61.0 Å². The highest BCUT2D eigenvalue weighted by molar-refractivity contribution is 5.76. The van der Waals surface area contributed by atoms with Crippen molar-refractivity contribution in [3.63, 3.8) is 0 Å². The van der Waals surface area contributed by atoms with Crippen molar-refractivity contribution in [3.8, 4) is 0 Å². The van der Waals surface area contributed by atoms with E-state index in [1.54, 1.807) is 6.08 Å². The fraction of sp³-hybridized carbons (Fsp3) is 0.878. The summed E-state index contributed by atoms with van der Waals surface area (Å²) in [6, 6.07) is -0.970. The summed E-state index contributed by atoms with van der Waals surface area (Å²) in [5.41, 5.74) is 0. The van der Waals surface area contributed by atoms with Crippen molar-refractivity contribution in [2.45, 2.75) is 388 Å². The second kappa shape index (κ2) is 55.6. The van der Waals surface area contributed by atoms with Crippen molar-refractivity contribution in [2.75, 3.05) is 26.4 Å². The lowest BCUT2D eigenvalue weighted by molar-refractivity contribution is -0.379. The first-order valence-corrected chi connectivity index (χ1v) is 37.4. The molecule has 1 amide bonds. The number of carbonyl (C=O) groups excluding carboxylic acids is 1. The van der Waals surface area contributed by atoms with Crippen LogP contribution in [0.15, 0.2) is 48.6 Å². The molecule has 0 aromatic heterocycles. The summed E-state index contributed by atoms with van der Waals surface area (Å²) < 4.78 is 34.3. The van der Waals surface area contributed by atoms with Gasteiger partial charge in [-0.05, 0) is 57.8 Å². The third kappa shape index (κ3) is 37.0. The van der Waals surface area contributed by atoms with Crippen LogP contribution in [0.5, 0.6) is 0 Å². The van der Waals surface area contributed by atoms with E-state index in [1.165, 1.54) is 199 Å². The molecule has 3 aliphatic rings. The Hall–Kier alpha value is -2.25. The summed E-state index contributed by atoms with van der Waals surface area (Å²) in [4.78, 5) is 13.4. The predicted molar refractivity (Wildman–Crippen MR) is 365 cm³/mol. The molecular weight excluding hydrogens is 1190 g/mol. The summed E-state index contributed by atoms with van der Waals surface area (Å²) in [6.45, 7) is 1.69.